The van der Waals surface area contributed by atoms with Crippen molar-refractivity contribution in [3.05, 3.63) is 0 Å². The van der Waals surface area contributed by atoms with Crippen molar-refractivity contribution >= 4 is 35.6 Å². The van der Waals surface area contributed by atoms with Gasteiger partial charge >= 0.3 is 5.97 Å². The normalized spacial score (nSPS) is 17.1. The van der Waals surface area contributed by atoms with E-state index in [9.17, 15) is 24.3 Å². The predicted molar refractivity (Wildman–Crippen MR) is 144 cm³/mol. The monoisotopic (exact) mass is 540 g/mol. The molecule has 216 valence electrons. The average molecular weight is 541 g/mol. The highest BCUT2D eigenvalue weighted by molar-refractivity contribution is 5.94. The number of aliphatic imine (C=N–C) groups is 2. The van der Waals surface area contributed by atoms with Crippen LogP contribution in [0.15, 0.2) is 9.98 Å². The number of rotatable bonds is 17. The first-order valence-electron chi connectivity index (χ1n) is 12.9. The summed E-state index contributed by atoms with van der Waals surface area (Å²) >= 11 is 0. The van der Waals surface area contributed by atoms with E-state index in [2.05, 4.69) is 31.3 Å². The van der Waals surface area contributed by atoms with Crippen LogP contribution in [0.5, 0.6) is 0 Å². The Bertz CT molecular complexity index is 850. The summed E-state index contributed by atoms with van der Waals surface area (Å²) in [5.41, 5.74) is 21.3. The zero-order valence-corrected chi connectivity index (χ0v) is 22.2. The molecule has 1 fully saturated rings. The molecule has 0 aliphatic carbocycles. The van der Waals surface area contributed by atoms with Gasteiger partial charge in [-0.25, -0.2) is 4.79 Å². The van der Waals surface area contributed by atoms with Crippen molar-refractivity contribution in [3.63, 3.8) is 0 Å². The number of carboxylic acid groups (broad SMARTS) is 1. The molecule has 4 atom stereocenters. The van der Waals surface area contributed by atoms with Gasteiger partial charge in [0.05, 0.1) is 6.04 Å². The average Bonchev–Trinajstić information content (AvgIpc) is 3.36. The van der Waals surface area contributed by atoms with Crippen LogP contribution in [-0.4, -0.2) is 84.5 Å². The van der Waals surface area contributed by atoms with E-state index in [1.165, 1.54) is 0 Å². The summed E-state index contributed by atoms with van der Waals surface area (Å²) in [5, 5.41) is 20.6. The smallest absolute Gasteiger partial charge is 0.326 e. The number of carbonyl (C=O) groups is 4. The minimum atomic E-state index is -1.22. The molecule has 0 aromatic rings. The van der Waals surface area contributed by atoms with Crippen molar-refractivity contribution in [1.29, 1.82) is 0 Å². The Hall–Kier alpha value is -3.62. The van der Waals surface area contributed by atoms with E-state index in [1.54, 1.807) is 0 Å². The largest absolute Gasteiger partial charge is 0.480 e. The third kappa shape index (κ3) is 13.1. The highest BCUT2D eigenvalue weighted by Gasteiger charge is 2.31. The van der Waals surface area contributed by atoms with E-state index in [0.717, 1.165) is 6.42 Å². The summed E-state index contributed by atoms with van der Waals surface area (Å²) in [7, 11) is 0. The quantitative estimate of drug-likeness (QED) is 0.0528. The van der Waals surface area contributed by atoms with Crippen LogP contribution in [0.2, 0.25) is 0 Å². The van der Waals surface area contributed by atoms with Gasteiger partial charge < -0.3 is 49.3 Å². The summed E-state index contributed by atoms with van der Waals surface area (Å²) < 4.78 is 0. The molecule has 3 amide bonds. The Morgan fingerprint density at radius 3 is 1.87 bits per heavy atom. The lowest BCUT2D eigenvalue weighted by Crippen LogP contribution is -2.57. The highest BCUT2D eigenvalue weighted by atomic mass is 16.4. The van der Waals surface area contributed by atoms with Gasteiger partial charge in [0.2, 0.25) is 17.7 Å². The molecule has 1 saturated heterocycles. The first-order chi connectivity index (χ1) is 17.9. The minimum absolute atomic E-state index is 0.00814. The molecule has 0 spiro atoms. The fraction of sp³-hybridized carbons (Fsp3) is 0.739. The van der Waals surface area contributed by atoms with E-state index in [0.29, 0.717) is 25.8 Å². The van der Waals surface area contributed by atoms with Crippen molar-refractivity contribution in [3.8, 4) is 0 Å². The molecule has 38 heavy (non-hydrogen) atoms. The van der Waals surface area contributed by atoms with Crippen molar-refractivity contribution in [1.82, 2.24) is 21.3 Å². The van der Waals surface area contributed by atoms with Crippen molar-refractivity contribution < 1.29 is 24.3 Å². The van der Waals surface area contributed by atoms with Crippen LogP contribution in [0.3, 0.4) is 0 Å². The molecule has 0 bridgehead atoms. The standard InChI is InChI=1S/C23H44N10O5/c1-13(2)12-17(20(36)32-16(21(37)38)8-5-11-30-23(26)27)33-19(35)15(7-4-10-29-22(24)25)31-18(34)14-6-3-9-28-14/h13-17,28H,3-12H2,1-2H3,(H,31,34)(H,32,36)(H,33,35)(H,37,38)(H4,24,25,29)(H4,26,27,30). The first kappa shape index (κ1) is 32.4. The SMILES string of the molecule is CC(C)CC(NC(=O)C(CCCN=C(N)N)NC(=O)C1CCCN1)C(=O)NC(CCCN=C(N)N)C(=O)O. The maximum Gasteiger partial charge on any atom is 0.326 e. The molecule has 4 unspecified atom stereocenters. The number of amides is 3. The molecule has 0 radical (unpaired) electrons. The molecule has 15 nitrogen and oxygen atoms in total. The molecule has 1 aliphatic rings. The molecular formula is C23H44N10O5. The lowest BCUT2D eigenvalue weighted by molar-refractivity contribution is -0.142. The van der Waals surface area contributed by atoms with Gasteiger partial charge in [0.15, 0.2) is 11.9 Å². The van der Waals surface area contributed by atoms with Crippen molar-refractivity contribution in [2.45, 2.75) is 83.0 Å². The van der Waals surface area contributed by atoms with E-state index < -0.39 is 42.0 Å². The molecule has 1 heterocycles. The van der Waals surface area contributed by atoms with Gasteiger partial charge in [-0.2, -0.15) is 0 Å². The minimum Gasteiger partial charge on any atom is -0.480 e. The summed E-state index contributed by atoms with van der Waals surface area (Å²) in [6.45, 7) is 4.94. The van der Waals surface area contributed by atoms with Crippen LogP contribution in [0, 0.1) is 5.92 Å². The summed E-state index contributed by atoms with van der Waals surface area (Å²) in [6.07, 6.45) is 2.84. The van der Waals surface area contributed by atoms with Gasteiger partial charge in [-0.1, -0.05) is 13.8 Å². The number of hydrogen-bond donors (Lipinski definition) is 9. The van der Waals surface area contributed by atoms with Crippen LogP contribution < -0.4 is 44.2 Å². The number of nitrogens with zero attached hydrogens (tertiary/aromatic N) is 2. The van der Waals surface area contributed by atoms with Crippen LogP contribution >= 0.6 is 0 Å². The second-order valence-electron chi connectivity index (χ2n) is 9.70. The topological polar surface area (TPSA) is 265 Å². The van der Waals surface area contributed by atoms with E-state index in [4.69, 9.17) is 22.9 Å². The zero-order chi connectivity index (χ0) is 28.7. The van der Waals surface area contributed by atoms with E-state index in [1.807, 2.05) is 13.8 Å². The number of nitrogens with two attached hydrogens (primary N) is 4. The van der Waals surface area contributed by atoms with Crippen molar-refractivity contribution in [2.75, 3.05) is 19.6 Å². The molecule has 1 rings (SSSR count). The highest BCUT2D eigenvalue weighted by Crippen LogP contribution is 2.10. The Morgan fingerprint density at radius 1 is 0.868 bits per heavy atom. The van der Waals surface area contributed by atoms with Crippen molar-refractivity contribution in [2.24, 2.45) is 38.8 Å². The maximum atomic E-state index is 13.2. The van der Waals surface area contributed by atoms with Crippen LogP contribution in [0.4, 0.5) is 0 Å². The summed E-state index contributed by atoms with van der Waals surface area (Å²) in [6, 6.07) is -3.53. The van der Waals surface area contributed by atoms with Gasteiger partial charge in [0, 0.05) is 13.1 Å². The van der Waals surface area contributed by atoms with Gasteiger partial charge in [-0.15, -0.1) is 0 Å². The van der Waals surface area contributed by atoms with Crippen LogP contribution in [0.1, 0.15) is 58.8 Å². The second-order valence-corrected chi connectivity index (χ2v) is 9.70. The molecule has 15 heteroatoms. The molecule has 0 aromatic carbocycles. The lowest BCUT2D eigenvalue weighted by Gasteiger charge is -2.26. The Kier molecular flexibility index (Phi) is 14.5. The van der Waals surface area contributed by atoms with Crippen LogP contribution in [-0.2, 0) is 19.2 Å². The third-order valence-corrected chi connectivity index (χ3v) is 5.86. The summed E-state index contributed by atoms with van der Waals surface area (Å²) in [4.78, 5) is 58.4. The molecular weight excluding hydrogens is 496 g/mol. The zero-order valence-electron chi connectivity index (χ0n) is 22.2. The van der Waals surface area contributed by atoms with Crippen LogP contribution in [0.25, 0.3) is 0 Å². The van der Waals surface area contributed by atoms with Gasteiger partial charge in [0.25, 0.3) is 0 Å². The number of carboxylic acids is 1. The fourth-order valence-electron chi connectivity index (χ4n) is 3.96. The van der Waals surface area contributed by atoms with E-state index >= 15 is 0 Å². The lowest BCUT2D eigenvalue weighted by atomic mass is 10.0. The van der Waals surface area contributed by atoms with Gasteiger partial charge in [-0.3, -0.25) is 24.4 Å². The van der Waals surface area contributed by atoms with Gasteiger partial charge in [-0.05, 0) is 57.4 Å². The molecule has 0 aromatic heterocycles. The summed E-state index contributed by atoms with van der Waals surface area (Å²) in [5.74, 6) is -2.89. The van der Waals surface area contributed by atoms with Gasteiger partial charge in [0.1, 0.15) is 18.1 Å². The number of guanidine groups is 2. The number of aliphatic carboxylic acids is 1. The molecule has 13 N–H and O–H groups in total. The second kappa shape index (κ2) is 17.0. The Balaban J connectivity index is 2.92. The Labute approximate surface area is 223 Å². The molecule has 0 saturated carbocycles. The first-order valence-corrected chi connectivity index (χ1v) is 12.9. The number of nitrogens with one attached hydrogen (secondary N) is 4. The predicted octanol–water partition coefficient (Wildman–Crippen LogP) is -2.57. The third-order valence-electron chi connectivity index (χ3n) is 5.86. The fourth-order valence-corrected chi connectivity index (χ4v) is 3.96. The van der Waals surface area contributed by atoms with E-state index in [-0.39, 0.29) is 56.1 Å². The number of carbonyl (C=O) groups excluding carboxylic acids is 3. The molecule has 1 aliphatic heterocycles. The maximum absolute atomic E-state index is 13.2. The number of hydrogen-bond acceptors (Lipinski definition) is 7. The Morgan fingerprint density at radius 2 is 1.39 bits per heavy atom.